The largest absolute Gasteiger partial charge is 0.452 e. The van der Waals surface area contributed by atoms with Gasteiger partial charge in [-0.2, -0.15) is 4.31 Å². The number of hydrogen-bond acceptors (Lipinski definition) is 7. The minimum absolute atomic E-state index is 0.0145. The second-order valence-electron chi connectivity index (χ2n) is 7.24. The molecule has 170 valence electrons. The van der Waals surface area contributed by atoms with Gasteiger partial charge in [0.2, 0.25) is 10.0 Å². The lowest BCUT2D eigenvalue weighted by molar-refractivity contribution is -0.383. The molecule has 32 heavy (non-hydrogen) atoms. The zero-order valence-corrected chi connectivity index (χ0v) is 18.0. The summed E-state index contributed by atoms with van der Waals surface area (Å²) in [6.45, 7) is 0.180. The second-order valence-corrected chi connectivity index (χ2v) is 9.18. The summed E-state index contributed by atoms with van der Waals surface area (Å²) in [5.74, 6) is -1.64. The molecule has 0 saturated carbocycles. The Balaban J connectivity index is 1.65. The summed E-state index contributed by atoms with van der Waals surface area (Å²) in [4.78, 5) is 34.8. The fourth-order valence-electron chi connectivity index (χ4n) is 3.35. The van der Waals surface area contributed by atoms with E-state index in [1.54, 1.807) is 0 Å². The lowest BCUT2D eigenvalue weighted by Gasteiger charge is -2.20. The molecule has 11 heteroatoms. The molecule has 0 unspecified atom stereocenters. The monoisotopic (exact) mass is 461 g/mol. The average molecular weight is 461 g/mol. The molecule has 1 N–H and O–H groups in total. The molecule has 1 amide bonds. The van der Waals surface area contributed by atoms with Crippen LogP contribution in [0.1, 0.15) is 36.0 Å². The lowest BCUT2D eigenvalue weighted by atomic mass is 10.2. The van der Waals surface area contributed by atoms with Crippen molar-refractivity contribution in [2.24, 2.45) is 0 Å². The van der Waals surface area contributed by atoms with E-state index in [4.69, 9.17) is 4.74 Å². The van der Waals surface area contributed by atoms with E-state index in [9.17, 15) is 28.1 Å². The van der Waals surface area contributed by atoms with E-state index in [-0.39, 0.29) is 21.8 Å². The summed E-state index contributed by atoms with van der Waals surface area (Å²) in [5, 5.41) is 13.3. The van der Waals surface area contributed by atoms with Crippen molar-refractivity contribution in [2.75, 3.05) is 25.0 Å². The van der Waals surface area contributed by atoms with Gasteiger partial charge in [0, 0.05) is 19.2 Å². The minimum Gasteiger partial charge on any atom is -0.452 e. The van der Waals surface area contributed by atoms with Crippen molar-refractivity contribution in [3.05, 3.63) is 64.2 Å². The first kappa shape index (κ1) is 23.4. The van der Waals surface area contributed by atoms with Crippen LogP contribution in [0.3, 0.4) is 0 Å². The predicted molar refractivity (Wildman–Crippen MR) is 116 cm³/mol. The number of nitrogens with one attached hydrogen (secondary N) is 1. The first-order valence-electron chi connectivity index (χ1n) is 10.1. The van der Waals surface area contributed by atoms with Gasteiger partial charge in [-0.1, -0.05) is 31.0 Å². The number of para-hydroxylation sites is 2. The van der Waals surface area contributed by atoms with Gasteiger partial charge in [0.1, 0.15) is 5.69 Å². The molecule has 3 rings (SSSR count). The van der Waals surface area contributed by atoms with Crippen LogP contribution in [0, 0.1) is 10.1 Å². The van der Waals surface area contributed by atoms with Crippen LogP contribution in [0.25, 0.3) is 0 Å². The van der Waals surface area contributed by atoms with Crippen LogP contribution in [-0.2, 0) is 19.6 Å². The van der Waals surface area contributed by atoms with E-state index < -0.39 is 33.4 Å². The number of anilines is 1. The van der Waals surface area contributed by atoms with Crippen molar-refractivity contribution in [2.45, 2.75) is 30.6 Å². The highest BCUT2D eigenvalue weighted by Gasteiger charge is 2.26. The third-order valence-corrected chi connectivity index (χ3v) is 6.88. The molecule has 1 heterocycles. The third-order valence-electron chi connectivity index (χ3n) is 4.98. The van der Waals surface area contributed by atoms with Gasteiger partial charge in [0.25, 0.3) is 11.6 Å². The molecule has 10 nitrogen and oxygen atoms in total. The summed E-state index contributed by atoms with van der Waals surface area (Å²) in [6, 6.07) is 11.0. The third kappa shape index (κ3) is 5.68. The van der Waals surface area contributed by atoms with Gasteiger partial charge in [-0.15, -0.1) is 0 Å². The number of esters is 1. The molecule has 0 bridgehead atoms. The number of amides is 1. The van der Waals surface area contributed by atoms with Crippen LogP contribution < -0.4 is 5.32 Å². The highest BCUT2D eigenvalue weighted by Crippen LogP contribution is 2.23. The summed E-state index contributed by atoms with van der Waals surface area (Å²) >= 11 is 0. The van der Waals surface area contributed by atoms with E-state index in [0.29, 0.717) is 13.1 Å². The quantitative estimate of drug-likeness (QED) is 0.380. The Morgan fingerprint density at radius 1 is 1.03 bits per heavy atom. The molecule has 1 fully saturated rings. The summed E-state index contributed by atoms with van der Waals surface area (Å²) in [5.41, 5.74) is -0.331. The smallest absolute Gasteiger partial charge is 0.338 e. The normalized spacial score (nSPS) is 14.9. The maximum absolute atomic E-state index is 12.9. The van der Waals surface area contributed by atoms with Crippen molar-refractivity contribution in [1.82, 2.24) is 4.31 Å². The van der Waals surface area contributed by atoms with Crippen molar-refractivity contribution in [1.29, 1.82) is 0 Å². The van der Waals surface area contributed by atoms with Crippen LogP contribution in [0.15, 0.2) is 53.4 Å². The van der Waals surface area contributed by atoms with E-state index in [1.807, 2.05) is 0 Å². The van der Waals surface area contributed by atoms with Gasteiger partial charge in [-0.05, 0) is 37.1 Å². The van der Waals surface area contributed by atoms with E-state index in [0.717, 1.165) is 25.7 Å². The fourth-order valence-corrected chi connectivity index (χ4v) is 4.92. The molecule has 0 spiro atoms. The zero-order valence-electron chi connectivity index (χ0n) is 17.2. The van der Waals surface area contributed by atoms with Crippen LogP contribution in [0.2, 0.25) is 0 Å². The van der Waals surface area contributed by atoms with Crippen LogP contribution in [-0.4, -0.2) is 49.2 Å². The number of ether oxygens (including phenoxy) is 1. The SMILES string of the molecule is O=C(COC(=O)c1cccc(S(=O)(=O)N2CCCCCC2)c1)Nc1ccccc1[N+](=O)[O-]. The molecule has 1 aliphatic rings. The Kier molecular flexibility index (Phi) is 7.54. The summed E-state index contributed by atoms with van der Waals surface area (Å²) in [7, 11) is -3.74. The number of nitrogens with zero attached hydrogens (tertiary/aromatic N) is 2. The standard InChI is InChI=1S/C21H23N3O7S/c25-20(22-18-10-3-4-11-19(18)24(27)28)15-31-21(26)16-8-7-9-17(14-16)32(29,30)23-12-5-1-2-6-13-23/h3-4,7-11,14H,1-2,5-6,12-13,15H2,(H,22,25). The summed E-state index contributed by atoms with van der Waals surface area (Å²) in [6.07, 6.45) is 3.53. The number of carbonyl (C=O) groups is 2. The highest BCUT2D eigenvalue weighted by molar-refractivity contribution is 7.89. The maximum atomic E-state index is 12.9. The maximum Gasteiger partial charge on any atom is 0.338 e. The van der Waals surface area contributed by atoms with E-state index in [2.05, 4.69) is 5.32 Å². The Hall–Kier alpha value is -3.31. The average Bonchev–Trinajstić information content (AvgIpc) is 3.08. The number of nitro groups is 1. The molecule has 0 aromatic heterocycles. The molecule has 1 saturated heterocycles. The minimum atomic E-state index is -3.74. The van der Waals surface area contributed by atoms with Crippen LogP contribution >= 0.6 is 0 Å². The topological polar surface area (TPSA) is 136 Å². The zero-order chi connectivity index (χ0) is 23.1. The Labute approximate surface area is 185 Å². The Morgan fingerprint density at radius 3 is 2.41 bits per heavy atom. The van der Waals surface area contributed by atoms with Gasteiger partial charge >= 0.3 is 5.97 Å². The van der Waals surface area contributed by atoms with Crippen molar-refractivity contribution in [3.8, 4) is 0 Å². The molecular weight excluding hydrogens is 438 g/mol. The molecule has 1 aliphatic heterocycles. The fraction of sp³-hybridized carbons (Fsp3) is 0.333. The number of hydrogen-bond donors (Lipinski definition) is 1. The van der Waals surface area contributed by atoms with E-state index >= 15 is 0 Å². The molecule has 2 aromatic carbocycles. The van der Waals surface area contributed by atoms with Gasteiger partial charge in [-0.25, -0.2) is 13.2 Å². The number of carbonyl (C=O) groups excluding carboxylic acids is 2. The number of sulfonamides is 1. The second kappa shape index (κ2) is 10.3. The van der Waals surface area contributed by atoms with Gasteiger partial charge < -0.3 is 10.1 Å². The Bertz CT molecular complexity index is 1110. The van der Waals surface area contributed by atoms with Crippen molar-refractivity contribution in [3.63, 3.8) is 0 Å². The predicted octanol–water partition coefficient (Wildman–Crippen LogP) is 2.96. The van der Waals surface area contributed by atoms with Crippen molar-refractivity contribution < 1.29 is 27.7 Å². The summed E-state index contributed by atoms with van der Waals surface area (Å²) < 4.78 is 32.2. The number of benzene rings is 2. The molecule has 0 radical (unpaired) electrons. The molecule has 0 aliphatic carbocycles. The Morgan fingerprint density at radius 2 is 1.72 bits per heavy atom. The first-order valence-corrected chi connectivity index (χ1v) is 11.5. The molecule has 0 atom stereocenters. The van der Waals surface area contributed by atoms with E-state index in [1.165, 1.54) is 52.8 Å². The van der Waals surface area contributed by atoms with Crippen LogP contribution in [0.5, 0.6) is 0 Å². The molecular formula is C21H23N3O7S. The van der Waals surface area contributed by atoms with Gasteiger partial charge in [0.15, 0.2) is 6.61 Å². The van der Waals surface area contributed by atoms with Crippen molar-refractivity contribution >= 4 is 33.3 Å². The number of rotatable bonds is 7. The lowest BCUT2D eigenvalue weighted by Crippen LogP contribution is -2.32. The number of nitro benzene ring substituents is 1. The molecule has 2 aromatic rings. The van der Waals surface area contributed by atoms with Crippen LogP contribution in [0.4, 0.5) is 11.4 Å². The van der Waals surface area contributed by atoms with Gasteiger partial charge in [0.05, 0.1) is 15.4 Å². The van der Waals surface area contributed by atoms with Gasteiger partial charge in [-0.3, -0.25) is 14.9 Å². The highest BCUT2D eigenvalue weighted by atomic mass is 32.2. The first-order chi connectivity index (χ1) is 15.3.